The van der Waals surface area contributed by atoms with Gasteiger partial charge in [-0.3, -0.25) is 19.7 Å². The van der Waals surface area contributed by atoms with E-state index in [-0.39, 0.29) is 0 Å². The van der Waals surface area contributed by atoms with E-state index >= 15 is 0 Å². The first-order valence-corrected chi connectivity index (χ1v) is 5.63. The molecule has 0 N–H and O–H groups in total. The van der Waals surface area contributed by atoms with Crippen LogP contribution in [0.1, 0.15) is 25.0 Å². The van der Waals surface area contributed by atoms with E-state index in [2.05, 4.69) is 0 Å². The molecule has 0 aliphatic carbocycles. The number of carbonyl (C=O) groups excluding carboxylic acids is 2. The second-order valence-corrected chi connectivity index (χ2v) is 4.20. The molecule has 0 aromatic heterocycles. The Labute approximate surface area is 117 Å². The van der Waals surface area contributed by atoms with Gasteiger partial charge >= 0.3 is 6.18 Å². The lowest BCUT2D eigenvalue weighted by Gasteiger charge is -2.10. The number of rotatable bonds is 4. The Balaban J connectivity index is 3.56. The Morgan fingerprint density at radius 3 is 2.10 bits per heavy atom. The summed E-state index contributed by atoms with van der Waals surface area (Å²) in [5, 5.41) is 10.5. The van der Waals surface area contributed by atoms with Crippen LogP contribution >= 0.6 is 0 Å². The molecule has 21 heavy (non-hydrogen) atoms. The molecule has 0 unspecified atom stereocenters. The largest absolute Gasteiger partial charge is 0.417 e. The highest BCUT2D eigenvalue weighted by Crippen LogP contribution is 2.35. The highest BCUT2D eigenvalue weighted by Gasteiger charge is 2.34. The fraction of sp³-hybridized carbons (Fsp3) is 0.231. The molecule has 0 aliphatic heterocycles. The minimum Gasteiger partial charge on any atom is -0.294 e. The molecule has 5 nitrogen and oxygen atoms in total. The monoisotopic (exact) mass is 301 g/mol. The number of alkyl halides is 3. The highest BCUT2D eigenvalue weighted by atomic mass is 19.4. The van der Waals surface area contributed by atoms with Crippen LogP contribution in [0.15, 0.2) is 23.8 Å². The molecular formula is C13H10F3NO4. The first-order chi connectivity index (χ1) is 9.54. The maximum atomic E-state index is 12.9. The smallest absolute Gasteiger partial charge is 0.294 e. The van der Waals surface area contributed by atoms with Crippen molar-refractivity contribution >= 4 is 23.3 Å². The van der Waals surface area contributed by atoms with Gasteiger partial charge in [-0.1, -0.05) is 0 Å². The Bertz CT molecular complexity index is 631. The number of non-ortho nitro benzene ring substituents is 1. The topological polar surface area (TPSA) is 77.3 Å². The van der Waals surface area contributed by atoms with Gasteiger partial charge in [0.2, 0.25) is 0 Å². The number of hydrogen-bond donors (Lipinski definition) is 0. The lowest BCUT2D eigenvalue weighted by Crippen LogP contribution is -2.10. The SMILES string of the molecule is CC(=O)C(=Cc1ccc([N+](=O)[O-])cc1C(F)(F)F)C(C)=O. The summed E-state index contributed by atoms with van der Waals surface area (Å²) < 4.78 is 38.8. The van der Waals surface area contributed by atoms with Gasteiger partial charge in [0, 0.05) is 12.1 Å². The van der Waals surface area contributed by atoms with Crippen LogP contribution in [0.5, 0.6) is 0 Å². The number of ketones is 2. The molecule has 0 atom stereocenters. The zero-order chi connectivity index (χ0) is 16.4. The number of Topliss-reactive ketones (excluding diaryl/α,β-unsaturated/α-hetero) is 2. The van der Waals surface area contributed by atoms with Crippen LogP contribution in [-0.4, -0.2) is 16.5 Å². The molecular weight excluding hydrogens is 291 g/mol. The van der Waals surface area contributed by atoms with Crippen molar-refractivity contribution in [3.05, 3.63) is 45.0 Å². The molecule has 0 saturated carbocycles. The van der Waals surface area contributed by atoms with Gasteiger partial charge in [0.15, 0.2) is 11.6 Å². The number of allylic oxidation sites excluding steroid dienone is 1. The molecule has 0 spiro atoms. The van der Waals surface area contributed by atoms with Crippen LogP contribution in [0.25, 0.3) is 6.08 Å². The summed E-state index contributed by atoms with van der Waals surface area (Å²) in [6.45, 7) is 2.10. The molecule has 0 radical (unpaired) electrons. The molecule has 1 aromatic rings. The zero-order valence-electron chi connectivity index (χ0n) is 11.0. The van der Waals surface area contributed by atoms with Crippen molar-refractivity contribution in [2.75, 3.05) is 0 Å². The van der Waals surface area contributed by atoms with Crippen molar-refractivity contribution in [1.82, 2.24) is 0 Å². The number of carbonyl (C=O) groups is 2. The second-order valence-electron chi connectivity index (χ2n) is 4.20. The van der Waals surface area contributed by atoms with E-state index in [0.29, 0.717) is 6.07 Å². The van der Waals surface area contributed by atoms with Gasteiger partial charge in [-0.2, -0.15) is 13.2 Å². The molecule has 0 amide bonds. The summed E-state index contributed by atoms with van der Waals surface area (Å²) in [5.41, 5.74) is -2.90. The van der Waals surface area contributed by atoms with Gasteiger partial charge in [0.05, 0.1) is 16.1 Å². The maximum absolute atomic E-state index is 12.9. The summed E-state index contributed by atoms with van der Waals surface area (Å²) in [6, 6.07) is 2.09. The third-order valence-corrected chi connectivity index (χ3v) is 2.61. The van der Waals surface area contributed by atoms with E-state index in [4.69, 9.17) is 0 Å². The first-order valence-electron chi connectivity index (χ1n) is 5.63. The third-order valence-electron chi connectivity index (χ3n) is 2.61. The van der Waals surface area contributed by atoms with Gasteiger partial charge in [-0.15, -0.1) is 0 Å². The van der Waals surface area contributed by atoms with Gasteiger partial charge in [0.25, 0.3) is 5.69 Å². The molecule has 1 rings (SSSR count). The van der Waals surface area contributed by atoms with Gasteiger partial charge in [0.1, 0.15) is 0 Å². The van der Waals surface area contributed by atoms with Gasteiger partial charge in [-0.25, -0.2) is 0 Å². The molecule has 0 aliphatic rings. The second kappa shape index (κ2) is 5.86. The molecule has 0 fully saturated rings. The van der Waals surface area contributed by atoms with E-state index in [1.165, 1.54) is 0 Å². The summed E-state index contributed by atoms with van der Waals surface area (Å²) in [5.74, 6) is -1.37. The molecule has 0 bridgehead atoms. The van der Waals surface area contributed by atoms with Crippen LogP contribution in [0.2, 0.25) is 0 Å². The average Bonchev–Trinajstić information content (AvgIpc) is 2.33. The standard InChI is InChI=1S/C13H10F3NO4/c1-7(18)11(8(2)19)5-9-3-4-10(17(20)21)6-12(9)13(14,15)16/h3-6H,1-2H3. The zero-order valence-corrected chi connectivity index (χ0v) is 11.0. The average molecular weight is 301 g/mol. The van der Waals surface area contributed by atoms with Crippen molar-refractivity contribution in [2.45, 2.75) is 20.0 Å². The Morgan fingerprint density at radius 1 is 1.19 bits per heavy atom. The van der Waals surface area contributed by atoms with Crippen LogP contribution < -0.4 is 0 Å². The minimum atomic E-state index is -4.85. The molecule has 112 valence electrons. The number of benzene rings is 1. The number of halogens is 3. The molecule has 0 heterocycles. The normalized spacial score (nSPS) is 10.9. The summed E-state index contributed by atoms with van der Waals surface area (Å²) in [7, 11) is 0. The number of nitrogens with zero attached hydrogens (tertiary/aromatic N) is 1. The van der Waals surface area contributed by atoms with Crippen molar-refractivity contribution in [2.24, 2.45) is 0 Å². The molecule has 0 saturated heterocycles. The lowest BCUT2D eigenvalue weighted by molar-refractivity contribution is -0.385. The Morgan fingerprint density at radius 2 is 1.71 bits per heavy atom. The van der Waals surface area contributed by atoms with Crippen LogP contribution in [-0.2, 0) is 15.8 Å². The van der Waals surface area contributed by atoms with Crippen molar-refractivity contribution in [3.63, 3.8) is 0 Å². The van der Waals surface area contributed by atoms with Gasteiger partial charge < -0.3 is 0 Å². The van der Waals surface area contributed by atoms with E-state index in [9.17, 15) is 32.9 Å². The van der Waals surface area contributed by atoms with E-state index in [0.717, 1.165) is 32.1 Å². The lowest BCUT2D eigenvalue weighted by atomic mass is 10.00. The summed E-state index contributed by atoms with van der Waals surface area (Å²) >= 11 is 0. The fourth-order valence-corrected chi connectivity index (χ4v) is 1.64. The minimum absolute atomic E-state index is 0.365. The fourth-order valence-electron chi connectivity index (χ4n) is 1.64. The van der Waals surface area contributed by atoms with Gasteiger partial charge in [-0.05, 0) is 31.6 Å². The molecule has 1 aromatic carbocycles. The predicted molar refractivity (Wildman–Crippen MR) is 67.4 cm³/mol. The highest BCUT2D eigenvalue weighted by molar-refractivity contribution is 6.21. The number of nitro groups is 1. The van der Waals surface area contributed by atoms with E-state index < -0.39 is 45.1 Å². The van der Waals surface area contributed by atoms with E-state index in [1.54, 1.807) is 0 Å². The van der Waals surface area contributed by atoms with E-state index in [1.807, 2.05) is 0 Å². The first kappa shape index (κ1) is 16.5. The Hall–Kier alpha value is -2.51. The van der Waals surface area contributed by atoms with Crippen molar-refractivity contribution in [3.8, 4) is 0 Å². The predicted octanol–water partition coefficient (Wildman–Crippen LogP) is 3.18. The third kappa shape index (κ3) is 3.98. The quantitative estimate of drug-likeness (QED) is 0.281. The Kier molecular flexibility index (Phi) is 4.62. The van der Waals surface area contributed by atoms with Crippen LogP contribution in [0, 0.1) is 10.1 Å². The van der Waals surface area contributed by atoms with Crippen LogP contribution in [0.3, 0.4) is 0 Å². The summed E-state index contributed by atoms with van der Waals surface area (Å²) in [4.78, 5) is 32.1. The maximum Gasteiger partial charge on any atom is 0.417 e. The number of nitro benzene ring substituents is 1. The summed E-state index contributed by atoms with van der Waals surface area (Å²) in [6.07, 6.45) is -4.06. The van der Waals surface area contributed by atoms with Crippen molar-refractivity contribution in [1.29, 1.82) is 0 Å². The van der Waals surface area contributed by atoms with Crippen LogP contribution in [0.4, 0.5) is 18.9 Å². The number of hydrogen-bond acceptors (Lipinski definition) is 4. The van der Waals surface area contributed by atoms with Crippen molar-refractivity contribution < 1.29 is 27.7 Å². The molecule has 8 heteroatoms.